The molecule has 2 N–H and O–H groups in total. The second kappa shape index (κ2) is 10.2. The number of halogens is 1. The van der Waals surface area contributed by atoms with Gasteiger partial charge >= 0.3 is 0 Å². The quantitative estimate of drug-likeness (QED) is 0.398. The molecular weight excluding hydrogens is 433 g/mol. The molecule has 0 atom stereocenters. The minimum absolute atomic E-state index is 0. The molecule has 2 rings (SSSR count). The van der Waals surface area contributed by atoms with Crippen LogP contribution in [0.15, 0.2) is 29.3 Å². The zero-order valence-corrected chi connectivity index (χ0v) is 17.2. The summed E-state index contributed by atoms with van der Waals surface area (Å²) in [6.07, 6.45) is 1.97. The molecule has 0 radical (unpaired) electrons. The number of hydrogen-bond donors (Lipinski definition) is 2. The number of carbonyl (C=O) groups excluding carboxylic acids is 2. The van der Waals surface area contributed by atoms with E-state index >= 15 is 0 Å². The normalized spacial score (nSPS) is 13.4. The molecule has 1 aromatic carbocycles. The van der Waals surface area contributed by atoms with Gasteiger partial charge in [0, 0.05) is 33.4 Å². The first kappa shape index (κ1) is 21.2. The van der Waals surface area contributed by atoms with Gasteiger partial charge in [0.05, 0.1) is 13.1 Å². The number of likely N-dealkylation sites (N-methyl/N-ethyl adjacent to an activating group) is 1. The molecular formula is C17H26IN5O2. The van der Waals surface area contributed by atoms with Crippen LogP contribution in [0.3, 0.4) is 0 Å². The number of aryl methyl sites for hydroxylation is 1. The standard InChI is InChI=1S/C17H25N5O2.HI/c1-18-17(19-11-15(23)21(2)3)20-12-16(24)22-10-6-8-13-7-4-5-9-14(13)22;/h4-5,7,9H,6,8,10-12H2,1-3H3,(H2,18,19,20);1H. The highest BCUT2D eigenvalue weighted by molar-refractivity contribution is 14.0. The van der Waals surface area contributed by atoms with Crippen molar-refractivity contribution in [3.63, 3.8) is 0 Å². The molecule has 8 heteroatoms. The maximum Gasteiger partial charge on any atom is 0.246 e. The first-order valence-corrected chi connectivity index (χ1v) is 8.06. The number of nitrogens with zero attached hydrogens (tertiary/aromatic N) is 3. The Bertz CT molecular complexity index is 633. The number of amides is 2. The third-order valence-corrected chi connectivity index (χ3v) is 3.95. The van der Waals surface area contributed by atoms with E-state index < -0.39 is 0 Å². The lowest BCUT2D eigenvalue weighted by molar-refractivity contribution is -0.127. The summed E-state index contributed by atoms with van der Waals surface area (Å²) in [6, 6.07) is 7.99. The molecule has 0 saturated carbocycles. The van der Waals surface area contributed by atoms with Gasteiger partial charge in [-0.3, -0.25) is 14.6 Å². The Kier molecular flexibility index (Phi) is 8.67. The minimum atomic E-state index is -0.0609. The summed E-state index contributed by atoms with van der Waals surface area (Å²) in [5.41, 5.74) is 2.19. The number of carbonyl (C=O) groups is 2. The highest BCUT2D eigenvalue weighted by atomic mass is 127. The summed E-state index contributed by atoms with van der Waals surface area (Å²) in [5, 5.41) is 5.87. The fraction of sp³-hybridized carbons (Fsp3) is 0.471. The van der Waals surface area contributed by atoms with Crippen LogP contribution in [0.4, 0.5) is 5.69 Å². The zero-order chi connectivity index (χ0) is 17.5. The summed E-state index contributed by atoms with van der Waals surface area (Å²) in [4.78, 5) is 31.5. The number of hydrogen-bond acceptors (Lipinski definition) is 3. The molecule has 0 saturated heterocycles. The van der Waals surface area contributed by atoms with E-state index in [2.05, 4.69) is 21.7 Å². The van der Waals surface area contributed by atoms with Crippen molar-refractivity contribution in [1.82, 2.24) is 15.5 Å². The molecule has 1 aliphatic rings. The van der Waals surface area contributed by atoms with Gasteiger partial charge < -0.3 is 20.4 Å². The van der Waals surface area contributed by atoms with Gasteiger partial charge in [-0.25, -0.2) is 0 Å². The van der Waals surface area contributed by atoms with E-state index in [1.165, 1.54) is 10.5 Å². The zero-order valence-electron chi connectivity index (χ0n) is 14.9. The van der Waals surface area contributed by atoms with Crippen LogP contribution < -0.4 is 15.5 Å². The van der Waals surface area contributed by atoms with E-state index in [0.717, 1.165) is 25.1 Å². The third-order valence-electron chi connectivity index (χ3n) is 3.95. The Balaban J connectivity index is 0.00000312. The van der Waals surface area contributed by atoms with Gasteiger partial charge in [0.25, 0.3) is 0 Å². The average molecular weight is 459 g/mol. The maximum atomic E-state index is 12.5. The van der Waals surface area contributed by atoms with Crippen LogP contribution in [0, 0.1) is 0 Å². The number of guanidine groups is 1. The van der Waals surface area contributed by atoms with E-state index in [9.17, 15) is 9.59 Å². The summed E-state index contributed by atoms with van der Waals surface area (Å²) in [7, 11) is 4.99. The fourth-order valence-corrected chi connectivity index (χ4v) is 2.59. The highest BCUT2D eigenvalue weighted by Crippen LogP contribution is 2.26. The lowest BCUT2D eigenvalue weighted by Gasteiger charge is -2.29. The van der Waals surface area contributed by atoms with Gasteiger partial charge in [0.15, 0.2) is 5.96 Å². The number of anilines is 1. The van der Waals surface area contributed by atoms with Crippen LogP contribution in [0.2, 0.25) is 0 Å². The van der Waals surface area contributed by atoms with Crippen molar-refractivity contribution < 1.29 is 9.59 Å². The SMILES string of the molecule is CN=C(NCC(=O)N(C)C)NCC(=O)N1CCCc2ccccc21.I. The van der Waals surface area contributed by atoms with Crippen molar-refractivity contribution in [3.8, 4) is 0 Å². The lowest BCUT2D eigenvalue weighted by Crippen LogP contribution is -2.47. The molecule has 1 aliphatic heterocycles. The number of fused-ring (bicyclic) bond motifs is 1. The van der Waals surface area contributed by atoms with Gasteiger partial charge in [-0.05, 0) is 24.5 Å². The smallest absolute Gasteiger partial charge is 0.246 e. The van der Waals surface area contributed by atoms with Crippen LogP contribution >= 0.6 is 24.0 Å². The maximum absolute atomic E-state index is 12.5. The first-order chi connectivity index (χ1) is 11.5. The predicted molar refractivity (Wildman–Crippen MR) is 111 cm³/mol. The van der Waals surface area contributed by atoms with Crippen molar-refractivity contribution in [1.29, 1.82) is 0 Å². The van der Waals surface area contributed by atoms with Crippen molar-refractivity contribution >= 4 is 47.4 Å². The van der Waals surface area contributed by atoms with Gasteiger partial charge in [0.2, 0.25) is 11.8 Å². The average Bonchev–Trinajstić information content (AvgIpc) is 2.60. The van der Waals surface area contributed by atoms with Crippen LogP contribution in [0.1, 0.15) is 12.0 Å². The Morgan fingerprint density at radius 2 is 1.88 bits per heavy atom. The molecule has 0 unspecified atom stereocenters. The van der Waals surface area contributed by atoms with Crippen LogP contribution in [0.5, 0.6) is 0 Å². The third kappa shape index (κ3) is 5.87. The summed E-state index contributed by atoms with van der Waals surface area (Å²) < 4.78 is 0. The topological polar surface area (TPSA) is 77.0 Å². The predicted octanol–water partition coefficient (Wildman–Crippen LogP) is 0.837. The van der Waals surface area contributed by atoms with Gasteiger partial charge in [-0.2, -0.15) is 0 Å². The number of rotatable bonds is 4. The first-order valence-electron chi connectivity index (χ1n) is 8.06. The molecule has 0 aromatic heterocycles. The molecule has 0 fully saturated rings. The van der Waals surface area contributed by atoms with Gasteiger partial charge in [-0.15, -0.1) is 24.0 Å². The molecule has 0 spiro atoms. The number of benzene rings is 1. The van der Waals surface area contributed by atoms with Crippen molar-refractivity contribution in [3.05, 3.63) is 29.8 Å². The van der Waals surface area contributed by atoms with Crippen molar-refractivity contribution in [2.45, 2.75) is 12.8 Å². The molecule has 0 aliphatic carbocycles. The molecule has 25 heavy (non-hydrogen) atoms. The second-order valence-electron chi connectivity index (χ2n) is 5.85. The minimum Gasteiger partial charge on any atom is -0.347 e. The van der Waals surface area contributed by atoms with Crippen LogP contribution in [-0.2, 0) is 16.0 Å². The van der Waals surface area contributed by atoms with E-state index in [-0.39, 0.29) is 48.9 Å². The molecule has 0 bridgehead atoms. The van der Waals surface area contributed by atoms with Crippen molar-refractivity contribution in [2.24, 2.45) is 4.99 Å². The lowest BCUT2D eigenvalue weighted by atomic mass is 10.0. The summed E-state index contributed by atoms with van der Waals surface area (Å²) in [5.74, 6) is 0.363. The largest absolute Gasteiger partial charge is 0.347 e. The number of para-hydroxylation sites is 1. The van der Waals surface area contributed by atoms with Gasteiger partial charge in [0.1, 0.15) is 0 Å². The summed E-state index contributed by atoms with van der Waals surface area (Å²) >= 11 is 0. The van der Waals surface area contributed by atoms with Crippen LogP contribution in [0.25, 0.3) is 0 Å². The van der Waals surface area contributed by atoms with Crippen molar-refractivity contribution in [2.75, 3.05) is 45.7 Å². The molecule has 7 nitrogen and oxygen atoms in total. The second-order valence-corrected chi connectivity index (χ2v) is 5.85. The van der Waals surface area contributed by atoms with E-state index in [4.69, 9.17) is 0 Å². The Morgan fingerprint density at radius 3 is 2.56 bits per heavy atom. The van der Waals surface area contributed by atoms with E-state index in [1.807, 2.05) is 23.1 Å². The Hall–Kier alpha value is -1.84. The number of aliphatic imine (C=N–C) groups is 1. The van der Waals surface area contributed by atoms with Gasteiger partial charge in [-0.1, -0.05) is 18.2 Å². The Morgan fingerprint density at radius 1 is 1.20 bits per heavy atom. The molecule has 138 valence electrons. The molecule has 2 amide bonds. The van der Waals surface area contributed by atoms with E-state index in [1.54, 1.807) is 21.1 Å². The van der Waals surface area contributed by atoms with Crippen LogP contribution in [-0.4, -0.2) is 63.5 Å². The Labute approximate surface area is 165 Å². The molecule has 1 heterocycles. The summed E-state index contributed by atoms with van der Waals surface area (Å²) in [6.45, 7) is 0.986. The highest BCUT2D eigenvalue weighted by Gasteiger charge is 2.22. The number of nitrogens with one attached hydrogen (secondary N) is 2. The molecule has 1 aromatic rings. The fourth-order valence-electron chi connectivity index (χ4n) is 2.59. The van der Waals surface area contributed by atoms with E-state index in [0.29, 0.717) is 5.96 Å². The monoisotopic (exact) mass is 459 g/mol.